The van der Waals surface area contributed by atoms with E-state index < -0.39 is 0 Å². The van der Waals surface area contributed by atoms with Gasteiger partial charge >= 0.3 is 0 Å². The lowest BCUT2D eigenvalue weighted by atomic mass is 9.94. The molecule has 0 aliphatic carbocycles. The molecule has 238 valence electrons. The molecule has 1 heterocycles. The molecule has 6 heteroatoms. The highest BCUT2D eigenvalue weighted by Gasteiger charge is 2.22. The van der Waals surface area contributed by atoms with Crippen LogP contribution in [0.15, 0.2) is 90.4 Å². The van der Waals surface area contributed by atoms with Crippen LogP contribution in [0.4, 0.5) is 4.39 Å². The second kappa shape index (κ2) is 17.7. The van der Waals surface area contributed by atoms with Crippen molar-refractivity contribution in [2.75, 3.05) is 46.3 Å². The first-order valence-corrected chi connectivity index (χ1v) is 16.0. The van der Waals surface area contributed by atoms with E-state index in [0.29, 0.717) is 6.04 Å². The number of nitrogens with zero attached hydrogens (tertiary/aromatic N) is 3. The summed E-state index contributed by atoms with van der Waals surface area (Å²) >= 11 is 0. The third kappa shape index (κ3) is 10.9. The van der Waals surface area contributed by atoms with Crippen molar-refractivity contribution in [3.05, 3.63) is 113 Å². The molecule has 1 unspecified atom stereocenters. The maximum Gasteiger partial charge on any atom is 0.123 e. The highest BCUT2D eigenvalue weighted by molar-refractivity contribution is 6.12. The minimum absolute atomic E-state index is 0.180. The first kappa shape index (κ1) is 35.0. The monoisotopic (exact) mass is 599 g/mol. The maximum absolute atomic E-state index is 13.7. The molecule has 1 atom stereocenters. The molecule has 1 saturated heterocycles. The number of likely N-dealkylation sites (tertiary alicyclic amines) is 1. The van der Waals surface area contributed by atoms with E-state index in [1.807, 2.05) is 46.2 Å². The van der Waals surface area contributed by atoms with Gasteiger partial charge in [0, 0.05) is 50.9 Å². The average Bonchev–Trinajstić information content (AvgIpc) is 2.99. The highest BCUT2D eigenvalue weighted by atomic mass is 19.1. The lowest BCUT2D eigenvalue weighted by molar-refractivity contribution is 0.201. The number of allylic oxidation sites excluding steroid dienone is 4. The van der Waals surface area contributed by atoms with Crippen LogP contribution in [-0.2, 0) is 0 Å². The zero-order valence-corrected chi connectivity index (χ0v) is 27.9. The number of rotatable bonds is 16. The van der Waals surface area contributed by atoms with Crippen LogP contribution in [0.3, 0.4) is 0 Å². The SMILES string of the molecule is C=CN(C)CC(CNCCCN1CCC(NC(=C(C)c2ccc(C)cc2)C(/C=C\C)=N/C(=C)C)CC1)c1ccc(F)cc1C. The average molecular weight is 600 g/mol. The van der Waals surface area contributed by atoms with Crippen LogP contribution in [0.1, 0.15) is 68.2 Å². The Kier molecular flexibility index (Phi) is 14.1. The van der Waals surface area contributed by atoms with Crippen molar-refractivity contribution in [1.82, 2.24) is 20.4 Å². The lowest BCUT2D eigenvalue weighted by Gasteiger charge is -2.34. The lowest BCUT2D eigenvalue weighted by Crippen LogP contribution is -2.44. The van der Waals surface area contributed by atoms with Crippen LogP contribution in [0.2, 0.25) is 0 Å². The molecule has 0 aromatic heterocycles. The van der Waals surface area contributed by atoms with Gasteiger partial charge in [0.25, 0.3) is 0 Å². The fourth-order valence-electron chi connectivity index (χ4n) is 5.86. The molecule has 5 nitrogen and oxygen atoms in total. The summed E-state index contributed by atoms with van der Waals surface area (Å²) in [4.78, 5) is 9.48. The Balaban J connectivity index is 1.55. The van der Waals surface area contributed by atoms with Crippen molar-refractivity contribution in [3.8, 4) is 0 Å². The van der Waals surface area contributed by atoms with E-state index in [2.05, 4.69) is 77.8 Å². The number of likely N-dealkylation sites (N-methyl/N-ethyl adjacent to an activating group) is 1. The molecule has 1 aliphatic heterocycles. The highest BCUT2D eigenvalue weighted by Crippen LogP contribution is 2.23. The predicted molar refractivity (Wildman–Crippen MR) is 188 cm³/mol. The predicted octanol–water partition coefficient (Wildman–Crippen LogP) is 7.62. The molecule has 3 rings (SSSR count). The van der Waals surface area contributed by atoms with E-state index in [0.717, 1.165) is 81.2 Å². The summed E-state index contributed by atoms with van der Waals surface area (Å²) in [6.45, 7) is 24.1. The van der Waals surface area contributed by atoms with Gasteiger partial charge in [0.05, 0.1) is 11.4 Å². The topological polar surface area (TPSA) is 42.9 Å². The number of benzene rings is 2. The molecule has 0 amide bonds. The van der Waals surface area contributed by atoms with Crippen LogP contribution in [-0.4, -0.2) is 67.9 Å². The first-order chi connectivity index (χ1) is 21.1. The second-order valence-corrected chi connectivity index (χ2v) is 12.2. The maximum atomic E-state index is 13.7. The Morgan fingerprint density at radius 1 is 1.14 bits per heavy atom. The van der Waals surface area contributed by atoms with E-state index >= 15 is 0 Å². The normalized spacial score (nSPS) is 16.1. The summed E-state index contributed by atoms with van der Waals surface area (Å²) < 4.78 is 13.7. The summed E-state index contributed by atoms with van der Waals surface area (Å²) in [5.41, 5.74) is 8.67. The summed E-state index contributed by atoms with van der Waals surface area (Å²) in [6, 6.07) is 14.2. The van der Waals surface area contributed by atoms with Crippen LogP contribution < -0.4 is 10.6 Å². The zero-order chi connectivity index (χ0) is 32.1. The molecule has 1 fully saturated rings. The molecule has 44 heavy (non-hydrogen) atoms. The van der Waals surface area contributed by atoms with Gasteiger partial charge in [-0.1, -0.05) is 55.1 Å². The van der Waals surface area contributed by atoms with Gasteiger partial charge < -0.3 is 20.4 Å². The molecule has 1 aliphatic rings. The van der Waals surface area contributed by atoms with Crippen LogP contribution in [0.25, 0.3) is 5.57 Å². The molecule has 0 spiro atoms. The van der Waals surface area contributed by atoms with Crippen molar-refractivity contribution in [2.24, 2.45) is 4.99 Å². The Hall–Kier alpha value is -3.48. The molecule has 2 aromatic carbocycles. The zero-order valence-electron chi connectivity index (χ0n) is 27.9. The van der Waals surface area contributed by atoms with E-state index in [9.17, 15) is 4.39 Å². The van der Waals surface area contributed by atoms with E-state index in [1.165, 1.54) is 22.3 Å². The van der Waals surface area contributed by atoms with Crippen molar-refractivity contribution in [1.29, 1.82) is 0 Å². The van der Waals surface area contributed by atoms with Crippen molar-refractivity contribution in [3.63, 3.8) is 0 Å². The fourth-order valence-corrected chi connectivity index (χ4v) is 5.86. The standard InChI is InChI=1S/C38H54FN5/c1-9-12-37(41-28(3)4)38(31(7)32-15-13-29(5)14-16-32)42-35-19-23-44(24-20-35)22-11-21-40-26-33(27-43(8)10-2)36-18-17-34(39)25-30(36)6/h9-10,12-18,25,33,35,40,42H,2-3,11,19-24,26-27H2,1,4-8H3/b12-9-,38-31?,41-37+. The molecular formula is C38H54FN5. The summed E-state index contributed by atoms with van der Waals surface area (Å²) in [5.74, 6) is 0.0905. The largest absolute Gasteiger partial charge is 0.380 e. The van der Waals surface area contributed by atoms with Gasteiger partial charge in [-0.05, 0) is 114 Å². The quantitative estimate of drug-likeness (QED) is 0.154. The van der Waals surface area contributed by atoms with Crippen molar-refractivity contribution < 1.29 is 4.39 Å². The van der Waals surface area contributed by atoms with Gasteiger partial charge in [0.1, 0.15) is 5.82 Å². The Labute approximate surface area is 266 Å². The molecule has 2 aromatic rings. The smallest absolute Gasteiger partial charge is 0.123 e. The number of hydrogen-bond acceptors (Lipinski definition) is 5. The molecule has 0 saturated carbocycles. The van der Waals surface area contributed by atoms with E-state index in [4.69, 9.17) is 4.99 Å². The minimum Gasteiger partial charge on any atom is -0.380 e. The first-order valence-electron chi connectivity index (χ1n) is 16.0. The van der Waals surface area contributed by atoms with Gasteiger partial charge in [-0.2, -0.15) is 0 Å². The van der Waals surface area contributed by atoms with Gasteiger partial charge in [0.2, 0.25) is 0 Å². The van der Waals surface area contributed by atoms with Gasteiger partial charge in [-0.3, -0.25) is 4.99 Å². The Morgan fingerprint density at radius 3 is 2.45 bits per heavy atom. The van der Waals surface area contributed by atoms with Gasteiger partial charge in [0.15, 0.2) is 0 Å². The Morgan fingerprint density at radius 2 is 1.84 bits per heavy atom. The van der Waals surface area contributed by atoms with Crippen molar-refractivity contribution in [2.45, 2.75) is 65.8 Å². The fraction of sp³-hybridized carbons (Fsp3) is 0.447. The summed E-state index contributed by atoms with van der Waals surface area (Å²) in [6.07, 6.45) is 9.25. The number of hydrogen-bond donors (Lipinski definition) is 2. The van der Waals surface area contributed by atoms with E-state index in [-0.39, 0.29) is 11.7 Å². The van der Waals surface area contributed by atoms with Crippen LogP contribution in [0, 0.1) is 19.7 Å². The van der Waals surface area contributed by atoms with Crippen LogP contribution >= 0.6 is 0 Å². The number of halogens is 1. The summed E-state index contributed by atoms with van der Waals surface area (Å²) in [7, 11) is 2.04. The second-order valence-electron chi connectivity index (χ2n) is 12.2. The van der Waals surface area contributed by atoms with Crippen molar-refractivity contribution >= 4 is 11.3 Å². The number of nitrogens with one attached hydrogen (secondary N) is 2. The number of aliphatic imine (C=N–C) groups is 1. The van der Waals surface area contributed by atoms with Gasteiger partial charge in [-0.25, -0.2) is 4.39 Å². The third-order valence-corrected chi connectivity index (χ3v) is 8.40. The Bertz CT molecular complexity index is 1320. The van der Waals surface area contributed by atoms with Crippen LogP contribution in [0.5, 0.6) is 0 Å². The molecule has 2 N–H and O–H groups in total. The minimum atomic E-state index is -0.180. The van der Waals surface area contributed by atoms with Gasteiger partial charge in [-0.15, -0.1) is 0 Å². The number of piperidine rings is 1. The summed E-state index contributed by atoms with van der Waals surface area (Å²) in [5, 5.41) is 7.57. The molecular weight excluding hydrogens is 545 g/mol. The van der Waals surface area contributed by atoms with E-state index in [1.54, 1.807) is 12.1 Å². The third-order valence-electron chi connectivity index (χ3n) is 8.40. The molecule has 0 radical (unpaired) electrons. The molecule has 0 bridgehead atoms. The number of aryl methyl sites for hydroxylation is 2.